The van der Waals surface area contributed by atoms with E-state index >= 15 is 0 Å². The van der Waals surface area contributed by atoms with E-state index in [-0.39, 0.29) is 10.9 Å². The first-order chi connectivity index (χ1) is 9.83. The Morgan fingerprint density at radius 1 is 1.14 bits per heavy atom. The number of hydrogen-bond donors (Lipinski definition) is 4. The van der Waals surface area contributed by atoms with Crippen molar-refractivity contribution in [2.75, 3.05) is 25.0 Å². The molecular weight excluding hydrogens is 290 g/mol. The van der Waals surface area contributed by atoms with E-state index in [9.17, 15) is 8.42 Å². The Bertz CT molecular complexity index is 530. The molecule has 0 saturated heterocycles. The first-order valence-corrected chi connectivity index (χ1v) is 8.55. The molecule has 0 heterocycles. The van der Waals surface area contributed by atoms with Crippen LogP contribution in [0.1, 0.15) is 20.8 Å². The molecule has 0 fully saturated rings. The van der Waals surface area contributed by atoms with Crippen molar-refractivity contribution < 1.29 is 13.5 Å². The molecule has 0 aliphatic heterocycles. The monoisotopic (exact) mass is 315 g/mol. The molecule has 1 atom stereocenters. The lowest BCUT2D eigenvalue weighted by Gasteiger charge is -2.15. The van der Waals surface area contributed by atoms with Crippen molar-refractivity contribution in [2.24, 2.45) is 0 Å². The maximum absolute atomic E-state index is 12.2. The minimum absolute atomic E-state index is 0.157. The summed E-state index contributed by atoms with van der Waals surface area (Å²) in [6, 6.07) is 6.65. The zero-order valence-electron chi connectivity index (χ0n) is 12.8. The van der Waals surface area contributed by atoms with E-state index in [2.05, 4.69) is 15.4 Å². The summed E-state index contributed by atoms with van der Waals surface area (Å²) in [7, 11) is -3.52. The van der Waals surface area contributed by atoms with Crippen LogP contribution in [-0.4, -0.2) is 45.3 Å². The van der Waals surface area contributed by atoms with E-state index < -0.39 is 16.1 Å². The average Bonchev–Trinajstić information content (AvgIpc) is 2.37. The van der Waals surface area contributed by atoms with Gasteiger partial charge in [-0.05, 0) is 32.9 Å². The van der Waals surface area contributed by atoms with E-state index in [1.807, 2.05) is 0 Å². The van der Waals surface area contributed by atoms with Gasteiger partial charge in [0.2, 0.25) is 10.0 Å². The predicted octanol–water partition coefficient (Wildman–Crippen LogP) is 0.756. The minimum Gasteiger partial charge on any atom is -0.392 e. The Morgan fingerprint density at radius 2 is 1.81 bits per heavy atom. The van der Waals surface area contributed by atoms with Gasteiger partial charge in [-0.3, -0.25) is 0 Å². The number of aliphatic hydroxyl groups is 1. The number of benzene rings is 1. The SMILES string of the molecule is CC(O)CNCCNc1ccccc1S(=O)(=O)NC(C)C. The summed E-state index contributed by atoms with van der Waals surface area (Å²) in [4.78, 5) is 0.245. The summed E-state index contributed by atoms with van der Waals surface area (Å²) in [5.41, 5.74) is 0.574. The lowest BCUT2D eigenvalue weighted by Crippen LogP contribution is -2.31. The average molecular weight is 315 g/mol. The normalized spacial score (nSPS) is 13.4. The molecule has 0 bridgehead atoms. The fourth-order valence-electron chi connectivity index (χ4n) is 1.82. The fraction of sp³-hybridized carbons (Fsp3) is 0.571. The van der Waals surface area contributed by atoms with Crippen LogP contribution < -0.4 is 15.4 Å². The minimum atomic E-state index is -3.52. The van der Waals surface area contributed by atoms with Gasteiger partial charge in [-0.2, -0.15) is 0 Å². The van der Waals surface area contributed by atoms with Gasteiger partial charge >= 0.3 is 0 Å². The number of anilines is 1. The highest BCUT2D eigenvalue weighted by Gasteiger charge is 2.18. The van der Waals surface area contributed by atoms with E-state index in [0.29, 0.717) is 25.3 Å². The Kier molecular flexibility index (Phi) is 7.10. The number of sulfonamides is 1. The molecule has 6 nitrogen and oxygen atoms in total. The van der Waals surface area contributed by atoms with Gasteiger partial charge in [-0.15, -0.1) is 0 Å². The quantitative estimate of drug-likeness (QED) is 0.505. The zero-order chi connectivity index (χ0) is 15.9. The number of nitrogens with one attached hydrogen (secondary N) is 3. The molecule has 4 N–H and O–H groups in total. The summed E-state index contributed by atoms with van der Waals surface area (Å²) in [6.07, 6.45) is -0.395. The van der Waals surface area contributed by atoms with Crippen molar-refractivity contribution >= 4 is 15.7 Å². The maximum Gasteiger partial charge on any atom is 0.242 e. The summed E-state index contributed by atoms with van der Waals surface area (Å²) in [6.45, 7) is 7.00. The van der Waals surface area contributed by atoms with Gasteiger partial charge in [0.05, 0.1) is 11.8 Å². The third kappa shape index (κ3) is 6.43. The molecule has 1 rings (SSSR count). The third-order valence-electron chi connectivity index (χ3n) is 2.62. The second-order valence-electron chi connectivity index (χ2n) is 5.25. The van der Waals surface area contributed by atoms with Gasteiger partial charge in [0, 0.05) is 25.7 Å². The van der Waals surface area contributed by atoms with Crippen LogP contribution in [0.4, 0.5) is 5.69 Å². The number of rotatable bonds is 9. The van der Waals surface area contributed by atoms with Crippen molar-refractivity contribution in [3.05, 3.63) is 24.3 Å². The van der Waals surface area contributed by atoms with Crippen LogP contribution in [0.2, 0.25) is 0 Å². The van der Waals surface area contributed by atoms with Gasteiger partial charge in [0.1, 0.15) is 4.90 Å². The van der Waals surface area contributed by atoms with Crippen molar-refractivity contribution in [2.45, 2.75) is 37.8 Å². The van der Waals surface area contributed by atoms with Crippen LogP contribution in [-0.2, 0) is 10.0 Å². The number of hydrogen-bond acceptors (Lipinski definition) is 5. The van der Waals surface area contributed by atoms with Gasteiger partial charge in [-0.25, -0.2) is 13.1 Å². The number of aliphatic hydroxyl groups excluding tert-OH is 1. The predicted molar refractivity (Wildman–Crippen MR) is 84.9 cm³/mol. The van der Waals surface area contributed by atoms with Gasteiger partial charge < -0.3 is 15.7 Å². The summed E-state index contributed by atoms with van der Waals surface area (Å²) < 4.78 is 27.1. The highest BCUT2D eigenvalue weighted by molar-refractivity contribution is 7.89. The Morgan fingerprint density at radius 3 is 2.43 bits per heavy atom. The molecule has 0 amide bonds. The lowest BCUT2D eigenvalue weighted by molar-refractivity contribution is 0.192. The van der Waals surface area contributed by atoms with Gasteiger partial charge in [-0.1, -0.05) is 12.1 Å². The third-order valence-corrected chi connectivity index (χ3v) is 4.34. The van der Waals surface area contributed by atoms with Crippen LogP contribution in [0.5, 0.6) is 0 Å². The Balaban J connectivity index is 2.67. The molecule has 120 valence electrons. The van der Waals surface area contributed by atoms with Crippen molar-refractivity contribution in [3.8, 4) is 0 Å². The van der Waals surface area contributed by atoms with E-state index in [1.54, 1.807) is 45.0 Å². The van der Waals surface area contributed by atoms with Crippen molar-refractivity contribution in [1.82, 2.24) is 10.0 Å². The molecule has 1 aromatic carbocycles. The molecule has 1 aromatic rings. The first-order valence-electron chi connectivity index (χ1n) is 7.07. The van der Waals surface area contributed by atoms with E-state index in [1.165, 1.54) is 0 Å². The highest BCUT2D eigenvalue weighted by atomic mass is 32.2. The maximum atomic E-state index is 12.2. The van der Waals surface area contributed by atoms with Crippen LogP contribution in [0, 0.1) is 0 Å². The lowest BCUT2D eigenvalue weighted by atomic mass is 10.3. The molecule has 0 aliphatic rings. The van der Waals surface area contributed by atoms with Crippen LogP contribution >= 0.6 is 0 Å². The topological polar surface area (TPSA) is 90.5 Å². The summed E-state index contributed by atoms with van der Waals surface area (Å²) in [5, 5.41) is 15.3. The Labute approximate surface area is 127 Å². The van der Waals surface area contributed by atoms with Gasteiger partial charge in [0.15, 0.2) is 0 Å². The number of para-hydroxylation sites is 1. The molecule has 1 unspecified atom stereocenters. The van der Waals surface area contributed by atoms with Crippen LogP contribution in [0.15, 0.2) is 29.2 Å². The highest BCUT2D eigenvalue weighted by Crippen LogP contribution is 2.20. The molecule has 0 saturated carbocycles. The molecule has 0 radical (unpaired) electrons. The van der Waals surface area contributed by atoms with E-state index in [4.69, 9.17) is 5.11 Å². The zero-order valence-corrected chi connectivity index (χ0v) is 13.6. The van der Waals surface area contributed by atoms with Gasteiger partial charge in [0.25, 0.3) is 0 Å². The second kappa shape index (κ2) is 8.33. The standard InChI is InChI=1S/C14H25N3O3S/c1-11(2)17-21(19,20)14-7-5-4-6-13(14)16-9-8-15-10-12(3)18/h4-7,11-12,15-18H,8-10H2,1-3H3. The molecular formula is C14H25N3O3S. The smallest absolute Gasteiger partial charge is 0.242 e. The van der Waals surface area contributed by atoms with Crippen molar-refractivity contribution in [3.63, 3.8) is 0 Å². The molecule has 0 aromatic heterocycles. The molecule has 0 aliphatic carbocycles. The summed E-state index contributed by atoms with van der Waals surface area (Å²) >= 11 is 0. The van der Waals surface area contributed by atoms with Crippen LogP contribution in [0.3, 0.4) is 0 Å². The second-order valence-corrected chi connectivity index (χ2v) is 6.93. The molecule has 21 heavy (non-hydrogen) atoms. The van der Waals surface area contributed by atoms with Crippen molar-refractivity contribution in [1.29, 1.82) is 0 Å². The fourth-order valence-corrected chi connectivity index (χ4v) is 3.25. The largest absolute Gasteiger partial charge is 0.392 e. The van der Waals surface area contributed by atoms with Crippen LogP contribution in [0.25, 0.3) is 0 Å². The Hall–Kier alpha value is -1.15. The summed E-state index contributed by atoms with van der Waals surface area (Å²) in [5.74, 6) is 0. The van der Waals surface area contributed by atoms with E-state index in [0.717, 1.165) is 0 Å². The molecule has 7 heteroatoms. The first kappa shape index (κ1) is 17.9. The molecule has 0 spiro atoms.